The molecule has 2 aliphatic heterocycles. The number of rotatable bonds is 5. The van der Waals surface area contributed by atoms with Crippen LogP contribution >= 0.6 is 0 Å². The molecule has 138 valence electrons. The van der Waals surface area contributed by atoms with Crippen molar-refractivity contribution in [2.24, 2.45) is 0 Å². The van der Waals surface area contributed by atoms with Crippen LogP contribution in [0.1, 0.15) is 42.5 Å². The highest BCUT2D eigenvalue weighted by Crippen LogP contribution is 2.31. The van der Waals surface area contributed by atoms with Gasteiger partial charge in [0.05, 0.1) is 12.7 Å². The quantitative estimate of drug-likeness (QED) is 0.853. The average molecular weight is 348 g/mol. The third kappa shape index (κ3) is 4.07. The second kappa shape index (κ2) is 8.06. The van der Waals surface area contributed by atoms with Gasteiger partial charge in [-0.2, -0.15) is 0 Å². The van der Waals surface area contributed by atoms with Crippen molar-refractivity contribution in [1.82, 2.24) is 10.2 Å². The van der Waals surface area contributed by atoms with E-state index in [-0.39, 0.29) is 22.8 Å². The van der Waals surface area contributed by atoms with Crippen LogP contribution in [0.2, 0.25) is 0 Å². The smallest absolute Gasteiger partial charge is 0.255 e. The van der Waals surface area contributed by atoms with Gasteiger partial charge in [-0.15, -0.1) is 0 Å². The molecular formula is C19H28N2O4. The maximum atomic E-state index is 12.6. The lowest BCUT2D eigenvalue weighted by atomic mass is 9.86. The zero-order chi connectivity index (χ0) is 17.7. The van der Waals surface area contributed by atoms with E-state index in [1.54, 1.807) is 12.1 Å². The zero-order valence-electron chi connectivity index (χ0n) is 14.9. The lowest BCUT2D eigenvalue weighted by Crippen LogP contribution is -2.59. The number of aromatic hydroxyl groups is 1. The van der Waals surface area contributed by atoms with Crippen LogP contribution in [-0.2, 0) is 4.74 Å². The van der Waals surface area contributed by atoms with Crippen molar-refractivity contribution in [2.75, 3.05) is 40.0 Å². The first-order valence-corrected chi connectivity index (χ1v) is 9.13. The van der Waals surface area contributed by atoms with Gasteiger partial charge in [0.2, 0.25) is 0 Å². The minimum absolute atomic E-state index is 0.0313. The molecule has 25 heavy (non-hydrogen) atoms. The first-order valence-electron chi connectivity index (χ1n) is 9.13. The van der Waals surface area contributed by atoms with Crippen molar-refractivity contribution in [3.8, 4) is 11.5 Å². The number of hydrogen-bond acceptors (Lipinski definition) is 5. The minimum Gasteiger partial charge on any atom is -0.507 e. The Morgan fingerprint density at radius 3 is 2.64 bits per heavy atom. The van der Waals surface area contributed by atoms with E-state index in [0.717, 1.165) is 39.1 Å². The molecule has 1 aromatic rings. The number of methoxy groups -OCH3 is 1. The molecule has 6 nitrogen and oxygen atoms in total. The normalized spacial score (nSPS) is 20.8. The van der Waals surface area contributed by atoms with E-state index in [9.17, 15) is 9.90 Å². The molecule has 2 N–H and O–H groups in total. The van der Waals surface area contributed by atoms with Gasteiger partial charge in [0.15, 0.2) is 0 Å². The van der Waals surface area contributed by atoms with Crippen molar-refractivity contribution in [1.29, 1.82) is 0 Å². The molecule has 0 aliphatic carbocycles. The van der Waals surface area contributed by atoms with E-state index in [2.05, 4.69) is 10.2 Å². The van der Waals surface area contributed by atoms with Crippen LogP contribution in [0, 0.1) is 0 Å². The fourth-order valence-electron chi connectivity index (χ4n) is 3.89. The number of likely N-dealkylation sites (tertiary alicyclic amines) is 1. The molecule has 2 heterocycles. The van der Waals surface area contributed by atoms with Gasteiger partial charge in [0, 0.05) is 31.4 Å². The third-order valence-electron chi connectivity index (χ3n) is 5.48. The maximum Gasteiger partial charge on any atom is 0.255 e. The van der Waals surface area contributed by atoms with Gasteiger partial charge in [-0.3, -0.25) is 9.69 Å². The number of piperidine rings is 1. The molecule has 6 heteroatoms. The number of nitrogens with one attached hydrogen (secondary N) is 1. The summed E-state index contributed by atoms with van der Waals surface area (Å²) in [7, 11) is 1.53. The fourth-order valence-corrected chi connectivity index (χ4v) is 3.89. The molecule has 0 radical (unpaired) electrons. The molecular weight excluding hydrogens is 320 g/mol. The number of phenols is 1. The van der Waals surface area contributed by atoms with E-state index in [4.69, 9.17) is 9.47 Å². The summed E-state index contributed by atoms with van der Waals surface area (Å²) in [5.74, 6) is 0.224. The summed E-state index contributed by atoms with van der Waals surface area (Å²) in [6, 6.07) is 4.74. The van der Waals surface area contributed by atoms with Gasteiger partial charge in [-0.1, -0.05) is 6.42 Å². The van der Waals surface area contributed by atoms with E-state index in [1.165, 1.54) is 32.4 Å². The number of carbonyl (C=O) groups excluding carboxylic acids is 1. The molecule has 0 atom stereocenters. The first kappa shape index (κ1) is 18.0. The number of phenolic OH excluding ortho intramolecular Hbond substituents is 1. The summed E-state index contributed by atoms with van der Waals surface area (Å²) in [5.41, 5.74) is 0.248. The van der Waals surface area contributed by atoms with Gasteiger partial charge in [0.25, 0.3) is 5.91 Å². The minimum atomic E-state index is -0.247. The summed E-state index contributed by atoms with van der Waals surface area (Å²) < 4.78 is 10.6. The van der Waals surface area contributed by atoms with Crippen LogP contribution in [0.5, 0.6) is 11.5 Å². The van der Waals surface area contributed by atoms with Crippen molar-refractivity contribution in [2.45, 2.75) is 37.6 Å². The highest BCUT2D eigenvalue weighted by atomic mass is 16.5. The molecule has 0 spiro atoms. The van der Waals surface area contributed by atoms with Crippen molar-refractivity contribution in [3.05, 3.63) is 23.8 Å². The SMILES string of the molecule is COc1ccc(C(=O)NCC2(N3CCCCC3)CCOCC2)c(O)c1. The van der Waals surface area contributed by atoms with Crippen LogP contribution in [0.4, 0.5) is 0 Å². The molecule has 2 saturated heterocycles. The van der Waals surface area contributed by atoms with Crippen LogP contribution in [0.25, 0.3) is 0 Å². The molecule has 0 aromatic heterocycles. The summed E-state index contributed by atoms with van der Waals surface area (Å²) in [6.45, 7) is 4.23. The molecule has 0 bridgehead atoms. The number of hydrogen-bond donors (Lipinski definition) is 2. The largest absolute Gasteiger partial charge is 0.507 e. The second-order valence-electron chi connectivity index (χ2n) is 6.95. The Balaban J connectivity index is 1.69. The molecule has 1 aromatic carbocycles. The van der Waals surface area contributed by atoms with Crippen molar-refractivity contribution in [3.63, 3.8) is 0 Å². The van der Waals surface area contributed by atoms with Gasteiger partial charge < -0.3 is 19.9 Å². The molecule has 0 saturated carbocycles. The fraction of sp³-hybridized carbons (Fsp3) is 0.632. The van der Waals surface area contributed by atoms with Gasteiger partial charge in [0.1, 0.15) is 11.5 Å². The molecule has 2 fully saturated rings. The Morgan fingerprint density at radius 2 is 2.00 bits per heavy atom. The second-order valence-corrected chi connectivity index (χ2v) is 6.95. The number of carbonyl (C=O) groups is 1. The van der Waals surface area contributed by atoms with Gasteiger partial charge >= 0.3 is 0 Å². The van der Waals surface area contributed by atoms with Crippen LogP contribution < -0.4 is 10.1 Å². The standard InChI is InChI=1S/C19H28N2O4/c1-24-15-5-6-16(17(22)13-15)18(23)20-14-19(7-11-25-12-8-19)21-9-3-2-4-10-21/h5-6,13,22H,2-4,7-12,14H2,1H3,(H,20,23). The highest BCUT2D eigenvalue weighted by molar-refractivity contribution is 5.97. The lowest BCUT2D eigenvalue weighted by Gasteiger charge is -2.48. The van der Waals surface area contributed by atoms with Crippen LogP contribution in [0.15, 0.2) is 18.2 Å². The van der Waals surface area contributed by atoms with E-state index in [1.807, 2.05) is 0 Å². The molecule has 0 unspecified atom stereocenters. The predicted octanol–water partition coefficient (Wildman–Crippen LogP) is 2.17. The Morgan fingerprint density at radius 1 is 1.28 bits per heavy atom. The molecule has 2 aliphatic rings. The van der Waals surface area contributed by atoms with E-state index in [0.29, 0.717) is 12.3 Å². The number of amides is 1. The molecule has 1 amide bonds. The van der Waals surface area contributed by atoms with Gasteiger partial charge in [-0.25, -0.2) is 0 Å². The number of ether oxygens (including phenoxy) is 2. The topological polar surface area (TPSA) is 71.0 Å². The van der Waals surface area contributed by atoms with Crippen molar-refractivity contribution < 1.29 is 19.4 Å². The van der Waals surface area contributed by atoms with Crippen molar-refractivity contribution >= 4 is 5.91 Å². The number of benzene rings is 1. The third-order valence-corrected chi connectivity index (χ3v) is 5.48. The van der Waals surface area contributed by atoms with E-state index >= 15 is 0 Å². The summed E-state index contributed by atoms with van der Waals surface area (Å²) in [4.78, 5) is 15.1. The molecule has 3 rings (SSSR count). The summed E-state index contributed by atoms with van der Waals surface area (Å²) in [6.07, 6.45) is 5.59. The lowest BCUT2D eigenvalue weighted by molar-refractivity contribution is -0.0349. The Bertz CT molecular complexity index is 593. The maximum absolute atomic E-state index is 12.6. The summed E-state index contributed by atoms with van der Waals surface area (Å²) >= 11 is 0. The predicted molar refractivity (Wildman–Crippen MR) is 95.2 cm³/mol. The summed E-state index contributed by atoms with van der Waals surface area (Å²) in [5, 5.41) is 13.1. The zero-order valence-corrected chi connectivity index (χ0v) is 14.9. The van der Waals surface area contributed by atoms with E-state index < -0.39 is 0 Å². The van der Waals surface area contributed by atoms with Crippen LogP contribution in [0.3, 0.4) is 0 Å². The van der Waals surface area contributed by atoms with Crippen LogP contribution in [-0.4, -0.2) is 61.4 Å². The average Bonchev–Trinajstić information content (AvgIpc) is 2.67. The van der Waals surface area contributed by atoms with Gasteiger partial charge in [-0.05, 0) is 50.9 Å². The number of nitrogens with zero attached hydrogens (tertiary/aromatic N) is 1. The monoisotopic (exact) mass is 348 g/mol. The highest BCUT2D eigenvalue weighted by Gasteiger charge is 2.39. The Hall–Kier alpha value is -1.79. The Labute approximate surface area is 149 Å². The first-order chi connectivity index (χ1) is 12.1. The Kier molecular flexibility index (Phi) is 5.81.